The van der Waals surface area contributed by atoms with E-state index in [1.54, 1.807) is 7.11 Å². The standard InChI is InChI=1S/C14H20N2O3/c1-18-13-5-3-2-4-11(13)6-7-16-14(17)12-10-19-9-8-15-12/h2-5,12,15H,6-10H2,1H3,(H,16,17). The SMILES string of the molecule is COc1ccccc1CCNC(=O)C1COCCN1. The van der Waals surface area contributed by atoms with E-state index in [4.69, 9.17) is 9.47 Å². The molecule has 1 aliphatic heterocycles. The van der Waals surface area contributed by atoms with Crippen LogP contribution in [-0.4, -0.2) is 45.4 Å². The highest BCUT2D eigenvalue weighted by atomic mass is 16.5. The van der Waals surface area contributed by atoms with E-state index in [2.05, 4.69) is 10.6 Å². The van der Waals surface area contributed by atoms with Crippen LogP contribution in [0.1, 0.15) is 5.56 Å². The van der Waals surface area contributed by atoms with Crippen molar-refractivity contribution in [2.75, 3.05) is 33.4 Å². The summed E-state index contributed by atoms with van der Waals surface area (Å²) in [6.07, 6.45) is 0.753. The lowest BCUT2D eigenvalue weighted by Crippen LogP contribution is -2.51. The quantitative estimate of drug-likeness (QED) is 0.805. The summed E-state index contributed by atoms with van der Waals surface area (Å²) in [5.41, 5.74) is 1.10. The number of nitrogens with one attached hydrogen (secondary N) is 2. The van der Waals surface area contributed by atoms with Crippen LogP contribution in [-0.2, 0) is 16.0 Å². The number of benzene rings is 1. The van der Waals surface area contributed by atoms with Gasteiger partial charge in [0, 0.05) is 13.1 Å². The summed E-state index contributed by atoms with van der Waals surface area (Å²) < 4.78 is 10.5. The molecule has 1 saturated heterocycles. The topological polar surface area (TPSA) is 59.6 Å². The van der Waals surface area contributed by atoms with Crippen molar-refractivity contribution in [3.8, 4) is 5.75 Å². The van der Waals surface area contributed by atoms with Gasteiger partial charge < -0.3 is 20.1 Å². The van der Waals surface area contributed by atoms with Crippen LogP contribution >= 0.6 is 0 Å². The Bertz CT molecular complexity index is 417. The Labute approximate surface area is 113 Å². The highest BCUT2D eigenvalue weighted by Gasteiger charge is 2.20. The van der Waals surface area contributed by atoms with Gasteiger partial charge in [0.1, 0.15) is 11.8 Å². The molecule has 0 aromatic heterocycles. The molecule has 0 radical (unpaired) electrons. The number of morpholine rings is 1. The van der Waals surface area contributed by atoms with E-state index in [9.17, 15) is 4.79 Å². The maximum absolute atomic E-state index is 11.9. The van der Waals surface area contributed by atoms with E-state index in [0.29, 0.717) is 19.8 Å². The Morgan fingerprint density at radius 2 is 2.37 bits per heavy atom. The monoisotopic (exact) mass is 264 g/mol. The first-order chi connectivity index (χ1) is 9.31. The number of hydrogen-bond donors (Lipinski definition) is 2. The minimum absolute atomic E-state index is 0.00500. The number of ether oxygens (including phenoxy) is 2. The van der Waals surface area contributed by atoms with Crippen molar-refractivity contribution in [3.05, 3.63) is 29.8 Å². The minimum atomic E-state index is -0.230. The van der Waals surface area contributed by atoms with Gasteiger partial charge in [-0.2, -0.15) is 0 Å². The van der Waals surface area contributed by atoms with Gasteiger partial charge in [0.25, 0.3) is 0 Å². The summed E-state index contributed by atoms with van der Waals surface area (Å²) in [5, 5.41) is 6.04. The molecule has 0 aliphatic carbocycles. The van der Waals surface area contributed by atoms with Gasteiger partial charge in [-0.15, -0.1) is 0 Å². The first-order valence-corrected chi connectivity index (χ1v) is 6.52. The number of hydrogen-bond acceptors (Lipinski definition) is 4. The molecule has 0 saturated carbocycles. The summed E-state index contributed by atoms with van der Waals surface area (Å²) in [7, 11) is 1.65. The highest BCUT2D eigenvalue weighted by Crippen LogP contribution is 2.17. The van der Waals surface area contributed by atoms with Crippen LogP contribution in [0.3, 0.4) is 0 Å². The van der Waals surface area contributed by atoms with Gasteiger partial charge in [-0.25, -0.2) is 0 Å². The molecule has 1 atom stereocenters. The van der Waals surface area contributed by atoms with Crippen molar-refractivity contribution in [1.29, 1.82) is 0 Å². The molecule has 1 aromatic carbocycles. The van der Waals surface area contributed by atoms with Crippen molar-refractivity contribution in [3.63, 3.8) is 0 Å². The molecule has 1 unspecified atom stereocenters. The Morgan fingerprint density at radius 1 is 1.53 bits per heavy atom. The van der Waals surface area contributed by atoms with E-state index in [0.717, 1.165) is 24.3 Å². The maximum atomic E-state index is 11.9. The third-order valence-electron chi connectivity index (χ3n) is 3.12. The number of amides is 1. The molecule has 19 heavy (non-hydrogen) atoms. The molecule has 0 spiro atoms. The summed E-state index contributed by atoms with van der Waals surface area (Å²) in [5.74, 6) is 0.852. The lowest BCUT2D eigenvalue weighted by Gasteiger charge is -2.22. The Balaban J connectivity index is 1.78. The average molecular weight is 264 g/mol. The Hall–Kier alpha value is -1.59. The molecule has 1 heterocycles. The largest absolute Gasteiger partial charge is 0.496 e. The molecule has 5 heteroatoms. The zero-order valence-corrected chi connectivity index (χ0v) is 11.1. The van der Waals surface area contributed by atoms with E-state index in [1.165, 1.54) is 0 Å². The molecule has 2 rings (SSSR count). The van der Waals surface area contributed by atoms with Crippen LogP contribution in [0, 0.1) is 0 Å². The number of carbonyl (C=O) groups excluding carboxylic acids is 1. The van der Waals surface area contributed by atoms with Crippen molar-refractivity contribution < 1.29 is 14.3 Å². The predicted octanol–water partition coefficient (Wildman–Crippen LogP) is 0.342. The summed E-state index contributed by atoms with van der Waals surface area (Å²) in [4.78, 5) is 11.9. The smallest absolute Gasteiger partial charge is 0.239 e. The van der Waals surface area contributed by atoms with Crippen LogP contribution in [0.25, 0.3) is 0 Å². The second-order valence-electron chi connectivity index (χ2n) is 4.43. The Morgan fingerprint density at radius 3 is 3.11 bits per heavy atom. The van der Waals surface area contributed by atoms with Crippen LogP contribution in [0.15, 0.2) is 24.3 Å². The van der Waals surface area contributed by atoms with Crippen LogP contribution in [0.4, 0.5) is 0 Å². The van der Waals surface area contributed by atoms with E-state index < -0.39 is 0 Å². The predicted molar refractivity (Wildman–Crippen MR) is 72.3 cm³/mol. The second kappa shape index (κ2) is 7.11. The molecular weight excluding hydrogens is 244 g/mol. The van der Waals surface area contributed by atoms with Crippen molar-refractivity contribution >= 4 is 5.91 Å². The van der Waals surface area contributed by atoms with Crippen molar-refractivity contribution in [1.82, 2.24) is 10.6 Å². The molecular formula is C14H20N2O3. The van der Waals surface area contributed by atoms with Gasteiger partial charge in [-0.05, 0) is 18.1 Å². The molecule has 104 valence electrons. The summed E-state index contributed by atoms with van der Waals surface area (Å²) in [6.45, 7) is 2.44. The highest BCUT2D eigenvalue weighted by molar-refractivity contribution is 5.81. The molecule has 1 fully saturated rings. The fourth-order valence-electron chi connectivity index (χ4n) is 2.09. The first-order valence-electron chi connectivity index (χ1n) is 6.52. The number of rotatable bonds is 5. The first kappa shape index (κ1) is 13.8. The van der Waals surface area contributed by atoms with E-state index in [1.807, 2.05) is 24.3 Å². The van der Waals surface area contributed by atoms with E-state index in [-0.39, 0.29) is 11.9 Å². The zero-order chi connectivity index (χ0) is 13.5. The zero-order valence-electron chi connectivity index (χ0n) is 11.1. The fraction of sp³-hybridized carbons (Fsp3) is 0.500. The Kier molecular flexibility index (Phi) is 5.18. The normalized spacial score (nSPS) is 18.9. The molecule has 0 bridgehead atoms. The third-order valence-corrected chi connectivity index (χ3v) is 3.12. The van der Waals surface area contributed by atoms with Crippen LogP contribution in [0.5, 0.6) is 5.75 Å². The van der Waals surface area contributed by atoms with Gasteiger partial charge in [0.2, 0.25) is 5.91 Å². The van der Waals surface area contributed by atoms with Gasteiger partial charge in [-0.3, -0.25) is 4.79 Å². The molecule has 1 aromatic rings. The van der Waals surface area contributed by atoms with Gasteiger partial charge >= 0.3 is 0 Å². The number of para-hydroxylation sites is 1. The second-order valence-corrected chi connectivity index (χ2v) is 4.43. The average Bonchev–Trinajstić information content (AvgIpc) is 2.48. The summed E-state index contributed by atoms with van der Waals surface area (Å²) in [6, 6.07) is 7.60. The number of methoxy groups -OCH3 is 1. The van der Waals surface area contributed by atoms with Crippen LogP contribution < -0.4 is 15.4 Å². The molecule has 1 amide bonds. The van der Waals surface area contributed by atoms with Crippen LogP contribution in [0.2, 0.25) is 0 Å². The molecule has 5 nitrogen and oxygen atoms in total. The van der Waals surface area contributed by atoms with Crippen molar-refractivity contribution in [2.45, 2.75) is 12.5 Å². The minimum Gasteiger partial charge on any atom is -0.496 e. The lowest BCUT2D eigenvalue weighted by molar-refractivity contribution is -0.125. The molecule has 2 N–H and O–H groups in total. The van der Waals surface area contributed by atoms with Crippen molar-refractivity contribution in [2.24, 2.45) is 0 Å². The summed E-state index contributed by atoms with van der Waals surface area (Å²) >= 11 is 0. The van der Waals surface area contributed by atoms with Gasteiger partial charge in [0.05, 0.1) is 20.3 Å². The van der Waals surface area contributed by atoms with Gasteiger partial charge in [-0.1, -0.05) is 18.2 Å². The maximum Gasteiger partial charge on any atom is 0.239 e. The fourth-order valence-corrected chi connectivity index (χ4v) is 2.09. The lowest BCUT2D eigenvalue weighted by atomic mass is 10.1. The van der Waals surface area contributed by atoms with Gasteiger partial charge in [0.15, 0.2) is 0 Å². The third kappa shape index (κ3) is 3.94. The number of carbonyl (C=O) groups is 1. The van der Waals surface area contributed by atoms with E-state index >= 15 is 0 Å². The molecule has 1 aliphatic rings.